The van der Waals surface area contributed by atoms with Crippen LogP contribution in [0.3, 0.4) is 0 Å². The molecule has 3 aliphatic rings. The van der Waals surface area contributed by atoms with Crippen molar-refractivity contribution in [2.24, 2.45) is 11.8 Å². The van der Waals surface area contributed by atoms with Gasteiger partial charge in [0.15, 0.2) is 5.60 Å². The van der Waals surface area contributed by atoms with Crippen molar-refractivity contribution in [3.8, 4) is 0 Å². The fourth-order valence-electron chi connectivity index (χ4n) is 2.67. The molecule has 2 fully saturated rings. The Kier molecular flexibility index (Phi) is 1.55. The molecule has 4 atom stereocenters. The third-order valence-electron chi connectivity index (χ3n) is 3.35. The summed E-state index contributed by atoms with van der Waals surface area (Å²) >= 11 is 0. The third kappa shape index (κ3) is 0.866. The molecule has 0 aromatic heterocycles. The van der Waals surface area contributed by atoms with Gasteiger partial charge >= 0.3 is 11.9 Å². The zero-order valence-corrected chi connectivity index (χ0v) is 8.14. The molecule has 2 saturated heterocycles. The Morgan fingerprint density at radius 2 is 2.47 bits per heavy atom. The Bertz CT molecular complexity index is 374. The second-order valence-corrected chi connectivity index (χ2v) is 4.00. The summed E-state index contributed by atoms with van der Waals surface area (Å²) in [5, 5.41) is 0. The Hall–Kier alpha value is -1.36. The number of fused-ring (bicyclic) bond motifs is 5. The van der Waals surface area contributed by atoms with E-state index in [1.807, 2.05) is 0 Å². The standard InChI is InChI=1S/C10H10O5/c1-13-9(12)10-3-2-6(15-10)5-4-14-8(11)7(5)10/h2-3,5-7H,4H2,1H3/t5-,6+,7-,10+/m1/s1. The van der Waals surface area contributed by atoms with Gasteiger partial charge in [-0.2, -0.15) is 0 Å². The van der Waals surface area contributed by atoms with Gasteiger partial charge in [-0.3, -0.25) is 4.79 Å². The highest BCUT2D eigenvalue weighted by Crippen LogP contribution is 2.50. The Morgan fingerprint density at radius 1 is 1.67 bits per heavy atom. The number of ether oxygens (including phenoxy) is 3. The number of hydrogen-bond acceptors (Lipinski definition) is 5. The molecular formula is C10H10O5. The topological polar surface area (TPSA) is 61.8 Å². The van der Waals surface area contributed by atoms with Crippen molar-refractivity contribution in [2.45, 2.75) is 11.7 Å². The van der Waals surface area contributed by atoms with Crippen LogP contribution in [0.1, 0.15) is 0 Å². The van der Waals surface area contributed by atoms with Crippen LogP contribution in [0.5, 0.6) is 0 Å². The van der Waals surface area contributed by atoms with Crippen molar-refractivity contribution in [1.82, 2.24) is 0 Å². The Labute approximate surface area is 86.0 Å². The molecule has 3 heterocycles. The number of methoxy groups -OCH3 is 1. The molecular weight excluding hydrogens is 200 g/mol. The van der Waals surface area contributed by atoms with Crippen LogP contribution in [0.15, 0.2) is 12.2 Å². The molecule has 0 spiro atoms. The molecule has 5 heteroatoms. The molecule has 0 N–H and O–H groups in total. The molecule has 0 unspecified atom stereocenters. The van der Waals surface area contributed by atoms with Crippen LogP contribution in [0.2, 0.25) is 0 Å². The van der Waals surface area contributed by atoms with Crippen molar-refractivity contribution in [1.29, 1.82) is 0 Å². The Morgan fingerprint density at radius 3 is 3.20 bits per heavy atom. The normalized spacial score (nSPS) is 45.4. The second-order valence-electron chi connectivity index (χ2n) is 4.00. The molecule has 0 aliphatic carbocycles. The van der Waals surface area contributed by atoms with Gasteiger partial charge in [-0.15, -0.1) is 0 Å². The largest absolute Gasteiger partial charge is 0.467 e. The minimum atomic E-state index is -1.22. The number of esters is 2. The zero-order valence-electron chi connectivity index (χ0n) is 8.14. The lowest BCUT2D eigenvalue weighted by Crippen LogP contribution is -2.45. The average molecular weight is 210 g/mol. The van der Waals surface area contributed by atoms with Gasteiger partial charge in [0.1, 0.15) is 5.92 Å². The van der Waals surface area contributed by atoms with Crippen molar-refractivity contribution in [3.63, 3.8) is 0 Å². The minimum Gasteiger partial charge on any atom is -0.467 e. The lowest BCUT2D eigenvalue weighted by Gasteiger charge is -2.23. The highest BCUT2D eigenvalue weighted by atomic mass is 16.6. The molecule has 2 bridgehead atoms. The molecule has 0 aromatic carbocycles. The summed E-state index contributed by atoms with van der Waals surface area (Å²) < 4.78 is 15.2. The maximum absolute atomic E-state index is 11.7. The van der Waals surface area contributed by atoms with Gasteiger partial charge < -0.3 is 14.2 Å². The molecule has 0 amide bonds. The predicted molar refractivity (Wildman–Crippen MR) is 46.7 cm³/mol. The van der Waals surface area contributed by atoms with Crippen molar-refractivity contribution >= 4 is 11.9 Å². The first-order valence-electron chi connectivity index (χ1n) is 4.81. The van der Waals surface area contributed by atoms with Crippen LogP contribution in [0, 0.1) is 11.8 Å². The van der Waals surface area contributed by atoms with E-state index >= 15 is 0 Å². The van der Waals surface area contributed by atoms with Gasteiger partial charge in [0.2, 0.25) is 0 Å². The quantitative estimate of drug-likeness (QED) is 0.437. The van der Waals surface area contributed by atoms with Crippen molar-refractivity contribution < 1.29 is 23.8 Å². The van der Waals surface area contributed by atoms with E-state index in [9.17, 15) is 9.59 Å². The zero-order chi connectivity index (χ0) is 10.6. The van der Waals surface area contributed by atoms with E-state index in [-0.39, 0.29) is 18.0 Å². The van der Waals surface area contributed by atoms with Gasteiger partial charge in [0.25, 0.3) is 0 Å². The average Bonchev–Trinajstić information content (AvgIpc) is 2.89. The van der Waals surface area contributed by atoms with Crippen LogP contribution in [0.4, 0.5) is 0 Å². The summed E-state index contributed by atoms with van der Waals surface area (Å²) in [7, 11) is 1.29. The van der Waals surface area contributed by atoms with Crippen LogP contribution in [-0.2, 0) is 23.8 Å². The van der Waals surface area contributed by atoms with Crippen molar-refractivity contribution in [3.05, 3.63) is 12.2 Å². The van der Waals surface area contributed by atoms with Crippen LogP contribution < -0.4 is 0 Å². The third-order valence-corrected chi connectivity index (χ3v) is 3.35. The fraction of sp³-hybridized carbons (Fsp3) is 0.600. The van der Waals surface area contributed by atoms with E-state index in [4.69, 9.17) is 9.47 Å². The molecule has 3 aliphatic heterocycles. The van der Waals surface area contributed by atoms with Gasteiger partial charge in [-0.25, -0.2) is 4.79 Å². The molecule has 80 valence electrons. The molecule has 15 heavy (non-hydrogen) atoms. The predicted octanol–water partition coefficient (Wildman–Crippen LogP) is -0.344. The molecule has 0 aromatic rings. The van der Waals surface area contributed by atoms with E-state index in [0.717, 1.165) is 0 Å². The van der Waals surface area contributed by atoms with Gasteiger partial charge in [0, 0.05) is 5.92 Å². The number of carbonyl (C=O) groups excluding carboxylic acids is 2. The SMILES string of the molecule is COC(=O)[C@@]12C=C[C@H](O1)[C@H]1COC(=O)[C@@H]12. The lowest BCUT2D eigenvalue weighted by atomic mass is 9.77. The summed E-state index contributed by atoms with van der Waals surface area (Å²) in [5.74, 6) is -1.45. The summed E-state index contributed by atoms with van der Waals surface area (Å²) in [4.78, 5) is 23.2. The number of hydrogen-bond donors (Lipinski definition) is 0. The lowest BCUT2D eigenvalue weighted by molar-refractivity contribution is -0.168. The van der Waals surface area contributed by atoms with Crippen LogP contribution >= 0.6 is 0 Å². The highest BCUT2D eigenvalue weighted by Gasteiger charge is 2.67. The van der Waals surface area contributed by atoms with Crippen LogP contribution in [0.25, 0.3) is 0 Å². The monoisotopic (exact) mass is 210 g/mol. The van der Waals surface area contributed by atoms with E-state index in [2.05, 4.69) is 4.74 Å². The fourth-order valence-corrected chi connectivity index (χ4v) is 2.67. The van der Waals surface area contributed by atoms with Gasteiger partial charge in [0.05, 0.1) is 19.8 Å². The summed E-state index contributed by atoms with van der Waals surface area (Å²) in [5.41, 5.74) is -1.22. The van der Waals surface area contributed by atoms with E-state index in [1.165, 1.54) is 7.11 Å². The number of carbonyl (C=O) groups is 2. The maximum Gasteiger partial charge on any atom is 0.343 e. The summed E-state index contributed by atoms with van der Waals surface area (Å²) in [6.07, 6.45) is 3.23. The van der Waals surface area contributed by atoms with E-state index < -0.39 is 17.5 Å². The molecule has 0 saturated carbocycles. The maximum atomic E-state index is 11.7. The first-order chi connectivity index (χ1) is 7.19. The summed E-state index contributed by atoms with van der Waals surface area (Å²) in [6.45, 7) is 0.331. The second kappa shape index (κ2) is 2.61. The van der Waals surface area contributed by atoms with Crippen LogP contribution in [-0.4, -0.2) is 37.4 Å². The van der Waals surface area contributed by atoms with Gasteiger partial charge in [-0.05, 0) is 6.08 Å². The Balaban J connectivity index is 2.06. The van der Waals surface area contributed by atoms with E-state index in [0.29, 0.717) is 6.61 Å². The smallest absolute Gasteiger partial charge is 0.343 e. The summed E-state index contributed by atoms with van der Waals surface area (Å²) in [6, 6.07) is 0. The van der Waals surface area contributed by atoms with E-state index in [1.54, 1.807) is 12.2 Å². The molecule has 3 rings (SSSR count). The number of rotatable bonds is 1. The van der Waals surface area contributed by atoms with Gasteiger partial charge in [-0.1, -0.05) is 6.08 Å². The minimum absolute atomic E-state index is 0.0402. The first kappa shape index (κ1) is 8.91. The number of cyclic esters (lactones) is 1. The molecule has 0 radical (unpaired) electrons. The highest BCUT2D eigenvalue weighted by molar-refractivity contribution is 5.92. The first-order valence-corrected chi connectivity index (χ1v) is 4.81. The molecule has 5 nitrogen and oxygen atoms in total. The van der Waals surface area contributed by atoms with Crippen molar-refractivity contribution in [2.75, 3.05) is 13.7 Å².